The molecular formula is C14H18O2. The molecular weight excluding hydrogens is 200 g/mol. The Morgan fingerprint density at radius 2 is 2.19 bits per heavy atom. The maximum absolute atomic E-state index is 5.79. The lowest BCUT2D eigenvalue weighted by molar-refractivity contribution is -0.0458. The molecule has 2 atom stereocenters. The molecule has 0 aliphatic carbocycles. The third kappa shape index (κ3) is 2.94. The second kappa shape index (κ2) is 5.28. The summed E-state index contributed by atoms with van der Waals surface area (Å²) in [6.07, 6.45) is 1.23. The van der Waals surface area contributed by atoms with Gasteiger partial charge in [0.05, 0.1) is 25.4 Å². The van der Waals surface area contributed by atoms with E-state index in [0.29, 0.717) is 13.2 Å². The van der Waals surface area contributed by atoms with E-state index >= 15 is 0 Å². The van der Waals surface area contributed by atoms with Crippen LogP contribution in [0.2, 0.25) is 0 Å². The lowest BCUT2D eigenvalue weighted by Crippen LogP contribution is -2.25. The minimum absolute atomic E-state index is 0.124. The fourth-order valence-electron chi connectivity index (χ4n) is 1.84. The first-order valence-electron chi connectivity index (χ1n) is 5.69. The highest BCUT2D eigenvalue weighted by atomic mass is 16.5. The molecule has 86 valence electrons. The molecule has 0 aromatic heterocycles. The highest BCUT2D eigenvalue weighted by molar-refractivity contribution is 5.13. The number of benzene rings is 1. The molecule has 0 spiro atoms. The maximum Gasteiger partial charge on any atom is 0.0876 e. The molecule has 0 radical (unpaired) electrons. The molecule has 2 heteroatoms. The average Bonchev–Trinajstić information content (AvgIpc) is 2.74. The van der Waals surface area contributed by atoms with Crippen molar-refractivity contribution in [3.05, 3.63) is 48.0 Å². The Morgan fingerprint density at radius 3 is 2.81 bits per heavy atom. The number of hydrogen-bond donors (Lipinski definition) is 0. The van der Waals surface area contributed by atoms with Crippen LogP contribution in [-0.4, -0.2) is 18.8 Å². The molecule has 1 aliphatic rings. The summed E-state index contributed by atoms with van der Waals surface area (Å²) in [5, 5.41) is 0. The van der Waals surface area contributed by atoms with E-state index in [1.165, 1.54) is 11.1 Å². The first-order valence-corrected chi connectivity index (χ1v) is 5.69. The van der Waals surface area contributed by atoms with E-state index in [-0.39, 0.29) is 12.2 Å². The quantitative estimate of drug-likeness (QED) is 0.723. The zero-order valence-electron chi connectivity index (χ0n) is 9.69. The Kier molecular flexibility index (Phi) is 3.75. The standard InChI is InChI=1S/C14H18O2/c1-11-8-14(16-9-11)12(2)15-10-13-6-4-3-5-7-13/h3-7,12,14H,1,8-10H2,2H3/t12-,14-/m0/s1. The molecule has 0 saturated carbocycles. The van der Waals surface area contributed by atoms with Crippen LogP contribution in [0.3, 0.4) is 0 Å². The van der Waals surface area contributed by atoms with Gasteiger partial charge in [0, 0.05) is 0 Å². The summed E-state index contributed by atoms with van der Waals surface area (Å²) >= 11 is 0. The molecule has 1 aromatic rings. The van der Waals surface area contributed by atoms with Gasteiger partial charge >= 0.3 is 0 Å². The van der Waals surface area contributed by atoms with Crippen LogP contribution < -0.4 is 0 Å². The summed E-state index contributed by atoms with van der Waals surface area (Å²) in [5.41, 5.74) is 2.37. The molecule has 16 heavy (non-hydrogen) atoms. The molecule has 1 saturated heterocycles. The molecule has 2 rings (SSSR count). The minimum atomic E-state index is 0.124. The van der Waals surface area contributed by atoms with Crippen molar-refractivity contribution in [1.29, 1.82) is 0 Å². The molecule has 0 unspecified atom stereocenters. The summed E-state index contributed by atoms with van der Waals surface area (Å²) in [6.45, 7) is 7.32. The van der Waals surface area contributed by atoms with Gasteiger partial charge in [-0.1, -0.05) is 36.9 Å². The van der Waals surface area contributed by atoms with Gasteiger partial charge in [-0.15, -0.1) is 0 Å². The third-order valence-corrected chi connectivity index (χ3v) is 2.87. The SMILES string of the molecule is C=C1CO[C@H]([C@H](C)OCc2ccccc2)C1. The van der Waals surface area contributed by atoms with Crippen molar-refractivity contribution in [1.82, 2.24) is 0 Å². The van der Waals surface area contributed by atoms with Crippen molar-refractivity contribution in [2.45, 2.75) is 32.2 Å². The average molecular weight is 218 g/mol. The van der Waals surface area contributed by atoms with Crippen LogP contribution >= 0.6 is 0 Å². The molecule has 0 amide bonds. The van der Waals surface area contributed by atoms with Crippen LogP contribution in [0.4, 0.5) is 0 Å². The van der Waals surface area contributed by atoms with Crippen LogP contribution in [0, 0.1) is 0 Å². The number of rotatable bonds is 4. The van der Waals surface area contributed by atoms with Crippen LogP contribution in [0.1, 0.15) is 18.9 Å². The molecule has 0 bridgehead atoms. The maximum atomic E-state index is 5.79. The largest absolute Gasteiger partial charge is 0.371 e. The lowest BCUT2D eigenvalue weighted by Gasteiger charge is -2.18. The van der Waals surface area contributed by atoms with Crippen LogP contribution in [0.5, 0.6) is 0 Å². The Bertz CT molecular complexity index is 345. The van der Waals surface area contributed by atoms with Crippen molar-refractivity contribution < 1.29 is 9.47 Å². The summed E-state index contributed by atoms with van der Waals surface area (Å²) < 4.78 is 11.4. The first kappa shape index (κ1) is 11.4. The molecule has 1 aliphatic heterocycles. The van der Waals surface area contributed by atoms with Crippen molar-refractivity contribution in [3.63, 3.8) is 0 Å². The topological polar surface area (TPSA) is 18.5 Å². The molecule has 1 fully saturated rings. The Morgan fingerprint density at radius 1 is 1.44 bits per heavy atom. The van der Waals surface area contributed by atoms with E-state index in [9.17, 15) is 0 Å². The van der Waals surface area contributed by atoms with Crippen molar-refractivity contribution in [3.8, 4) is 0 Å². The van der Waals surface area contributed by atoms with Gasteiger partial charge < -0.3 is 9.47 Å². The summed E-state index contributed by atoms with van der Waals surface area (Å²) in [6, 6.07) is 10.2. The van der Waals surface area contributed by atoms with E-state index in [2.05, 4.69) is 25.6 Å². The van der Waals surface area contributed by atoms with Crippen LogP contribution in [-0.2, 0) is 16.1 Å². The first-order chi connectivity index (χ1) is 7.75. The van der Waals surface area contributed by atoms with E-state index in [4.69, 9.17) is 9.47 Å². The molecule has 1 aromatic carbocycles. The van der Waals surface area contributed by atoms with Crippen molar-refractivity contribution >= 4 is 0 Å². The van der Waals surface area contributed by atoms with Gasteiger partial charge in [-0.2, -0.15) is 0 Å². The molecule has 0 N–H and O–H groups in total. The predicted molar refractivity (Wildman–Crippen MR) is 64.2 cm³/mol. The zero-order valence-corrected chi connectivity index (χ0v) is 9.69. The second-order valence-corrected chi connectivity index (χ2v) is 4.31. The van der Waals surface area contributed by atoms with Gasteiger partial charge in [-0.05, 0) is 24.5 Å². The van der Waals surface area contributed by atoms with Crippen LogP contribution in [0.25, 0.3) is 0 Å². The van der Waals surface area contributed by atoms with E-state index in [0.717, 1.165) is 6.42 Å². The minimum Gasteiger partial charge on any atom is -0.371 e. The smallest absolute Gasteiger partial charge is 0.0876 e. The number of ether oxygens (including phenoxy) is 2. The monoisotopic (exact) mass is 218 g/mol. The Hall–Kier alpha value is -1.12. The van der Waals surface area contributed by atoms with Gasteiger partial charge in [0.2, 0.25) is 0 Å². The summed E-state index contributed by atoms with van der Waals surface area (Å²) in [5.74, 6) is 0. The van der Waals surface area contributed by atoms with Crippen molar-refractivity contribution in [2.75, 3.05) is 6.61 Å². The van der Waals surface area contributed by atoms with Gasteiger partial charge in [-0.3, -0.25) is 0 Å². The summed E-state index contributed by atoms with van der Waals surface area (Å²) in [7, 11) is 0. The molecule has 2 nitrogen and oxygen atoms in total. The number of hydrogen-bond acceptors (Lipinski definition) is 2. The van der Waals surface area contributed by atoms with Crippen molar-refractivity contribution in [2.24, 2.45) is 0 Å². The van der Waals surface area contributed by atoms with E-state index in [1.54, 1.807) is 0 Å². The van der Waals surface area contributed by atoms with Gasteiger partial charge in [0.15, 0.2) is 0 Å². The highest BCUT2D eigenvalue weighted by Crippen LogP contribution is 2.21. The third-order valence-electron chi connectivity index (χ3n) is 2.87. The Balaban J connectivity index is 1.80. The van der Waals surface area contributed by atoms with E-state index in [1.807, 2.05) is 18.2 Å². The van der Waals surface area contributed by atoms with Crippen LogP contribution in [0.15, 0.2) is 42.5 Å². The Labute approximate surface area is 96.9 Å². The highest BCUT2D eigenvalue weighted by Gasteiger charge is 2.24. The molecule has 1 heterocycles. The van der Waals surface area contributed by atoms with Gasteiger partial charge in [0.1, 0.15) is 0 Å². The lowest BCUT2D eigenvalue weighted by atomic mass is 10.1. The van der Waals surface area contributed by atoms with Gasteiger partial charge in [-0.25, -0.2) is 0 Å². The normalized spacial score (nSPS) is 22.3. The van der Waals surface area contributed by atoms with Gasteiger partial charge in [0.25, 0.3) is 0 Å². The second-order valence-electron chi connectivity index (χ2n) is 4.31. The predicted octanol–water partition coefficient (Wildman–Crippen LogP) is 2.94. The fraction of sp³-hybridized carbons (Fsp3) is 0.429. The van der Waals surface area contributed by atoms with E-state index < -0.39 is 0 Å². The zero-order chi connectivity index (χ0) is 11.4. The summed E-state index contributed by atoms with van der Waals surface area (Å²) in [4.78, 5) is 0. The fourth-order valence-corrected chi connectivity index (χ4v) is 1.84.